The van der Waals surface area contributed by atoms with Gasteiger partial charge in [0.15, 0.2) is 0 Å². The molecule has 3 N–H and O–H groups in total. The number of aliphatic hydroxyl groups is 1. The molecule has 17 heavy (non-hydrogen) atoms. The molecule has 1 atom stereocenters. The number of ether oxygens (including phenoxy) is 1. The van der Waals surface area contributed by atoms with Crippen LogP contribution in [0.2, 0.25) is 0 Å². The van der Waals surface area contributed by atoms with Gasteiger partial charge >= 0.3 is 0 Å². The van der Waals surface area contributed by atoms with Crippen molar-refractivity contribution in [3.05, 3.63) is 29.8 Å². The van der Waals surface area contributed by atoms with Gasteiger partial charge in [0.1, 0.15) is 28.3 Å². The van der Waals surface area contributed by atoms with E-state index in [-0.39, 0.29) is 12.4 Å². The smallest absolute Gasteiger partial charge is 0.150 e. The number of benzene rings is 1. The fourth-order valence-electron chi connectivity index (χ4n) is 1.40. The van der Waals surface area contributed by atoms with Crippen LogP contribution in [0.5, 0.6) is 5.75 Å². The molecule has 1 rings (SSSR count). The van der Waals surface area contributed by atoms with Gasteiger partial charge in [0.2, 0.25) is 0 Å². The third kappa shape index (κ3) is 5.16. The van der Waals surface area contributed by atoms with Crippen molar-refractivity contribution in [3.63, 3.8) is 0 Å². The largest absolute Gasteiger partial charge is 0.491 e. The summed E-state index contributed by atoms with van der Waals surface area (Å²) in [5, 5.41) is 9.47. The number of hydrogen-bond acceptors (Lipinski definition) is 5. The average Bonchev–Trinajstić information content (AvgIpc) is 2.24. The lowest BCUT2D eigenvalue weighted by Crippen LogP contribution is -2.26. The second-order valence-corrected chi connectivity index (χ2v) is 6.05. The summed E-state index contributed by atoms with van der Waals surface area (Å²) >= 11 is 0. The van der Waals surface area contributed by atoms with Crippen molar-refractivity contribution < 1.29 is 18.3 Å². The molecule has 0 heterocycles. The number of aliphatic hydroxyl groups excluding tert-OH is 1. The molecule has 0 bridgehead atoms. The summed E-state index contributed by atoms with van der Waals surface area (Å²) in [5.74, 6) is 0.264. The van der Waals surface area contributed by atoms with Gasteiger partial charge in [0.25, 0.3) is 0 Å². The van der Waals surface area contributed by atoms with E-state index in [0.29, 0.717) is 12.3 Å². The van der Waals surface area contributed by atoms with E-state index >= 15 is 0 Å². The van der Waals surface area contributed by atoms with Gasteiger partial charge in [-0.05, 0) is 6.07 Å². The van der Waals surface area contributed by atoms with E-state index in [2.05, 4.69) is 0 Å². The van der Waals surface area contributed by atoms with Crippen LogP contribution in [0.3, 0.4) is 0 Å². The predicted molar refractivity (Wildman–Crippen MR) is 65.5 cm³/mol. The van der Waals surface area contributed by atoms with Gasteiger partial charge in [-0.3, -0.25) is 0 Å². The van der Waals surface area contributed by atoms with E-state index < -0.39 is 15.9 Å². The Morgan fingerprint density at radius 3 is 2.65 bits per heavy atom. The number of nitrogens with two attached hydrogens (primary N) is 1. The number of hydrogen-bond donors (Lipinski definition) is 2. The van der Waals surface area contributed by atoms with E-state index in [1.54, 1.807) is 12.1 Å². The quantitative estimate of drug-likeness (QED) is 0.746. The maximum Gasteiger partial charge on any atom is 0.150 e. The minimum absolute atomic E-state index is 0.0654. The van der Waals surface area contributed by atoms with Gasteiger partial charge in [-0.2, -0.15) is 0 Å². The molecule has 0 aliphatic carbocycles. The van der Waals surface area contributed by atoms with E-state index in [1.165, 1.54) is 0 Å². The van der Waals surface area contributed by atoms with E-state index in [0.717, 1.165) is 11.8 Å². The Morgan fingerprint density at radius 2 is 2.06 bits per heavy atom. The molecule has 1 unspecified atom stereocenters. The van der Waals surface area contributed by atoms with E-state index in [1.807, 2.05) is 12.1 Å². The second-order valence-electron chi connectivity index (χ2n) is 3.87. The summed E-state index contributed by atoms with van der Waals surface area (Å²) in [7, 11) is -3.20. The van der Waals surface area contributed by atoms with E-state index in [9.17, 15) is 13.5 Å². The third-order valence-corrected chi connectivity index (χ3v) is 3.11. The minimum Gasteiger partial charge on any atom is -0.491 e. The highest BCUT2D eigenvalue weighted by Gasteiger charge is 2.13. The van der Waals surface area contributed by atoms with Gasteiger partial charge < -0.3 is 15.6 Å². The molecule has 0 fully saturated rings. The highest BCUT2D eigenvalue weighted by Crippen LogP contribution is 2.17. The van der Waals surface area contributed by atoms with Crippen LogP contribution < -0.4 is 10.5 Å². The van der Waals surface area contributed by atoms with Gasteiger partial charge in [-0.25, -0.2) is 8.42 Å². The maximum atomic E-state index is 10.9. The van der Waals surface area contributed by atoms with Crippen molar-refractivity contribution in [3.8, 4) is 5.75 Å². The molecule has 0 aromatic heterocycles. The fraction of sp³-hybridized carbons (Fsp3) is 0.455. The summed E-state index contributed by atoms with van der Waals surface area (Å²) in [6.45, 7) is 0.266. The van der Waals surface area contributed by atoms with Crippen LogP contribution >= 0.6 is 0 Å². The average molecular weight is 259 g/mol. The maximum absolute atomic E-state index is 10.9. The summed E-state index contributed by atoms with van der Waals surface area (Å²) < 4.78 is 27.2. The molecule has 0 aliphatic heterocycles. The van der Waals surface area contributed by atoms with Crippen LogP contribution in [0.15, 0.2) is 24.3 Å². The summed E-state index contributed by atoms with van der Waals surface area (Å²) in [6, 6.07) is 7.17. The predicted octanol–water partition coefficient (Wildman–Crippen LogP) is -0.0704. The van der Waals surface area contributed by atoms with Crippen molar-refractivity contribution in [1.82, 2.24) is 0 Å². The highest BCUT2D eigenvalue weighted by atomic mass is 32.2. The lowest BCUT2D eigenvalue weighted by Gasteiger charge is -2.13. The Bertz CT molecular complexity index is 458. The molecule has 0 amide bonds. The topological polar surface area (TPSA) is 89.6 Å². The summed E-state index contributed by atoms with van der Waals surface area (Å²) in [5.41, 5.74) is 6.34. The lowest BCUT2D eigenvalue weighted by atomic mass is 10.2. The van der Waals surface area contributed by atoms with Crippen LogP contribution in [0, 0.1) is 0 Å². The molecule has 0 saturated heterocycles. The molecule has 1 aromatic rings. The van der Waals surface area contributed by atoms with Crippen molar-refractivity contribution in [1.29, 1.82) is 0 Å². The van der Waals surface area contributed by atoms with Gasteiger partial charge in [-0.1, -0.05) is 18.2 Å². The van der Waals surface area contributed by atoms with Crippen LogP contribution in [0.4, 0.5) is 0 Å². The Morgan fingerprint density at radius 1 is 1.41 bits per heavy atom. The van der Waals surface area contributed by atoms with Gasteiger partial charge in [0, 0.05) is 18.4 Å². The number of rotatable bonds is 6. The van der Waals surface area contributed by atoms with Crippen LogP contribution in [-0.4, -0.2) is 38.2 Å². The van der Waals surface area contributed by atoms with Crippen molar-refractivity contribution in [2.24, 2.45) is 5.73 Å². The monoisotopic (exact) mass is 259 g/mol. The zero-order valence-corrected chi connectivity index (χ0v) is 10.5. The van der Waals surface area contributed by atoms with Crippen molar-refractivity contribution in [2.45, 2.75) is 12.6 Å². The first-order valence-electron chi connectivity index (χ1n) is 5.19. The van der Waals surface area contributed by atoms with Crippen LogP contribution in [0.25, 0.3) is 0 Å². The molecule has 1 aromatic carbocycles. The molecule has 0 radical (unpaired) electrons. The Hall–Kier alpha value is -1.11. The van der Waals surface area contributed by atoms with Crippen LogP contribution in [-0.2, 0) is 16.4 Å². The zero-order chi connectivity index (χ0) is 12.9. The Balaban J connectivity index is 2.55. The number of para-hydroxylation sites is 1. The molecule has 0 saturated carbocycles. The van der Waals surface area contributed by atoms with Crippen molar-refractivity contribution >= 4 is 9.84 Å². The summed E-state index contributed by atoms with van der Waals surface area (Å²) in [6.07, 6.45) is 0.0418. The van der Waals surface area contributed by atoms with Gasteiger partial charge in [0.05, 0.1) is 5.75 Å². The minimum atomic E-state index is -3.20. The number of sulfone groups is 1. The molecule has 96 valence electrons. The van der Waals surface area contributed by atoms with Crippen molar-refractivity contribution in [2.75, 3.05) is 18.6 Å². The molecular formula is C11H17NO4S. The highest BCUT2D eigenvalue weighted by molar-refractivity contribution is 7.90. The fourth-order valence-corrected chi connectivity index (χ4v) is 2.19. The second kappa shape index (κ2) is 6.00. The third-order valence-electron chi connectivity index (χ3n) is 2.12. The van der Waals surface area contributed by atoms with Gasteiger partial charge in [-0.15, -0.1) is 0 Å². The van der Waals surface area contributed by atoms with E-state index in [4.69, 9.17) is 10.5 Å². The first kappa shape index (κ1) is 14.0. The first-order valence-corrected chi connectivity index (χ1v) is 7.25. The molecule has 0 spiro atoms. The molecule has 5 nitrogen and oxygen atoms in total. The first-order chi connectivity index (χ1) is 7.92. The van der Waals surface area contributed by atoms with Crippen LogP contribution in [0.1, 0.15) is 5.56 Å². The summed E-state index contributed by atoms with van der Waals surface area (Å²) in [4.78, 5) is 0. The zero-order valence-electron chi connectivity index (χ0n) is 9.67. The normalized spacial score (nSPS) is 13.4. The molecule has 6 heteroatoms. The lowest BCUT2D eigenvalue weighted by molar-refractivity contribution is 0.124. The Labute approximate surface area is 101 Å². The SMILES string of the molecule is CS(=O)(=O)CC(O)COc1ccccc1CN. The molecule has 0 aliphatic rings. The Kier molecular flexibility index (Phi) is 4.92. The standard InChI is InChI=1S/C11H17NO4S/c1-17(14,15)8-10(13)7-16-11-5-3-2-4-9(11)6-12/h2-5,10,13H,6-8,12H2,1H3. The molecular weight excluding hydrogens is 242 g/mol.